The van der Waals surface area contributed by atoms with Crippen molar-refractivity contribution in [3.63, 3.8) is 0 Å². The van der Waals surface area contributed by atoms with E-state index in [4.69, 9.17) is 15.3 Å². The van der Waals surface area contributed by atoms with Gasteiger partial charge in [-0.25, -0.2) is 4.79 Å². The van der Waals surface area contributed by atoms with Crippen LogP contribution in [0.25, 0.3) is 0 Å². The van der Waals surface area contributed by atoms with E-state index in [1.807, 2.05) is 0 Å². The maximum atomic E-state index is 11.2. The molecule has 118 valence electrons. The van der Waals surface area contributed by atoms with Gasteiger partial charge < -0.3 is 20.6 Å². The van der Waals surface area contributed by atoms with Gasteiger partial charge in [-0.3, -0.25) is 9.59 Å². The molecular formula is C14H15NO6S. The van der Waals surface area contributed by atoms with Gasteiger partial charge >= 0.3 is 17.9 Å². The number of carbonyl (C=O) groups is 3. The summed E-state index contributed by atoms with van der Waals surface area (Å²) in [4.78, 5) is 33.7. The molecule has 8 heteroatoms. The van der Waals surface area contributed by atoms with E-state index in [2.05, 4.69) is 5.32 Å². The van der Waals surface area contributed by atoms with Crippen LogP contribution in [0.5, 0.6) is 0 Å². The molecule has 2 rings (SSSR count). The SMILES string of the molecule is O=C(O)C[C@H]1[C@@H](Sc2ccc(C(=O)O)cc2)CN[C@@H]1C(=O)O. The van der Waals surface area contributed by atoms with Crippen molar-refractivity contribution in [2.75, 3.05) is 6.54 Å². The topological polar surface area (TPSA) is 124 Å². The minimum absolute atomic E-state index is 0.166. The third kappa shape index (κ3) is 3.77. The van der Waals surface area contributed by atoms with Crippen LogP contribution in [0.1, 0.15) is 16.8 Å². The second kappa shape index (κ2) is 6.80. The summed E-state index contributed by atoms with van der Waals surface area (Å²) in [6, 6.07) is 5.33. The Hall–Kier alpha value is -2.06. The van der Waals surface area contributed by atoms with Crippen LogP contribution in [0, 0.1) is 5.92 Å². The molecule has 1 heterocycles. The summed E-state index contributed by atoms with van der Waals surface area (Å²) in [5.74, 6) is -3.64. The number of benzene rings is 1. The Labute approximate surface area is 130 Å². The predicted octanol–water partition coefficient (Wildman–Crippen LogP) is 0.993. The Morgan fingerprint density at radius 2 is 1.77 bits per heavy atom. The van der Waals surface area contributed by atoms with Crippen LogP contribution in [0.3, 0.4) is 0 Å². The second-order valence-electron chi connectivity index (χ2n) is 4.97. The molecule has 1 saturated heterocycles. The van der Waals surface area contributed by atoms with Gasteiger partial charge in [0, 0.05) is 22.6 Å². The molecule has 0 aromatic heterocycles. The molecule has 1 aliphatic rings. The van der Waals surface area contributed by atoms with Crippen LogP contribution in [-0.2, 0) is 9.59 Å². The lowest BCUT2D eigenvalue weighted by Crippen LogP contribution is -2.37. The van der Waals surface area contributed by atoms with Gasteiger partial charge in [0.1, 0.15) is 6.04 Å². The van der Waals surface area contributed by atoms with Crippen LogP contribution in [0.2, 0.25) is 0 Å². The third-order valence-corrected chi connectivity index (χ3v) is 4.87. The molecule has 0 aliphatic carbocycles. The van der Waals surface area contributed by atoms with Crippen LogP contribution < -0.4 is 5.32 Å². The van der Waals surface area contributed by atoms with Gasteiger partial charge in [0.15, 0.2) is 0 Å². The number of hydrogen-bond acceptors (Lipinski definition) is 5. The summed E-state index contributed by atoms with van der Waals surface area (Å²) in [5.41, 5.74) is 0.166. The normalized spacial score (nSPS) is 24.1. The molecule has 4 N–H and O–H groups in total. The number of nitrogens with one attached hydrogen (secondary N) is 1. The highest BCUT2D eigenvalue weighted by Gasteiger charge is 2.41. The van der Waals surface area contributed by atoms with Gasteiger partial charge in [-0.1, -0.05) is 0 Å². The molecule has 0 radical (unpaired) electrons. The lowest BCUT2D eigenvalue weighted by atomic mass is 9.96. The Morgan fingerprint density at radius 3 is 2.27 bits per heavy atom. The first kappa shape index (κ1) is 16.3. The molecule has 0 saturated carbocycles. The number of aromatic carboxylic acids is 1. The van der Waals surface area contributed by atoms with E-state index < -0.39 is 29.9 Å². The van der Waals surface area contributed by atoms with Crippen molar-refractivity contribution < 1.29 is 29.7 Å². The summed E-state index contributed by atoms with van der Waals surface area (Å²) in [6.45, 7) is 0.389. The molecule has 0 unspecified atom stereocenters. The highest BCUT2D eigenvalue weighted by atomic mass is 32.2. The van der Waals surface area contributed by atoms with E-state index in [1.165, 1.54) is 23.9 Å². The Morgan fingerprint density at radius 1 is 1.14 bits per heavy atom. The summed E-state index contributed by atoms with van der Waals surface area (Å²) in [5, 5.41) is 29.6. The highest BCUT2D eigenvalue weighted by Crippen LogP contribution is 2.35. The van der Waals surface area contributed by atoms with Crippen LogP contribution >= 0.6 is 11.8 Å². The maximum absolute atomic E-state index is 11.2. The fourth-order valence-corrected chi connectivity index (χ4v) is 3.71. The first-order chi connectivity index (χ1) is 10.4. The van der Waals surface area contributed by atoms with E-state index in [1.54, 1.807) is 12.1 Å². The Bertz CT molecular complexity index is 588. The lowest BCUT2D eigenvalue weighted by Gasteiger charge is -2.19. The van der Waals surface area contributed by atoms with E-state index in [0.717, 1.165) is 4.90 Å². The molecule has 1 fully saturated rings. The highest BCUT2D eigenvalue weighted by molar-refractivity contribution is 8.00. The fourth-order valence-electron chi connectivity index (χ4n) is 2.46. The van der Waals surface area contributed by atoms with Crippen molar-refractivity contribution in [3.8, 4) is 0 Å². The van der Waals surface area contributed by atoms with Gasteiger partial charge in [-0.2, -0.15) is 0 Å². The van der Waals surface area contributed by atoms with Crippen LogP contribution in [0.4, 0.5) is 0 Å². The van der Waals surface area contributed by atoms with Gasteiger partial charge in [-0.15, -0.1) is 11.8 Å². The van der Waals surface area contributed by atoms with E-state index >= 15 is 0 Å². The Balaban J connectivity index is 2.11. The monoisotopic (exact) mass is 325 g/mol. The second-order valence-corrected chi connectivity index (χ2v) is 6.28. The van der Waals surface area contributed by atoms with Gasteiger partial charge in [0.05, 0.1) is 12.0 Å². The van der Waals surface area contributed by atoms with Crippen LogP contribution in [-0.4, -0.2) is 51.1 Å². The number of carboxylic acid groups (broad SMARTS) is 3. The zero-order valence-corrected chi connectivity index (χ0v) is 12.2. The number of rotatable bonds is 6. The summed E-state index contributed by atoms with van der Waals surface area (Å²) < 4.78 is 0. The number of carboxylic acids is 3. The standard InChI is InChI=1S/C14H15NO6S/c16-11(17)5-9-10(6-15-12(9)14(20)21)22-8-3-1-7(2-4-8)13(18)19/h1-4,9-10,12,15H,5-6H2,(H,16,17)(H,18,19)(H,20,21)/t9-,10-,12-/m0/s1. The predicted molar refractivity (Wildman–Crippen MR) is 78.2 cm³/mol. The molecule has 0 amide bonds. The fraction of sp³-hybridized carbons (Fsp3) is 0.357. The van der Waals surface area contributed by atoms with E-state index in [-0.39, 0.29) is 17.2 Å². The maximum Gasteiger partial charge on any atom is 0.335 e. The zero-order chi connectivity index (χ0) is 16.3. The molecule has 22 heavy (non-hydrogen) atoms. The lowest BCUT2D eigenvalue weighted by molar-refractivity contribution is -0.141. The van der Waals surface area contributed by atoms with Gasteiger partial charge in [0.25, 0.3) is 0 Å². The molecule has 1 aromatic rings. The summed E-state index contributed by atoms with van der Waals surface area (Å²) in [6.07, 6.45) is -0.227. The molecule has 3 atom stereocenters. The van der Waals surface area contributed by atoms with Crippen molar-refractivity contribution >= 4 is 29.7 Å². The molecule has 1 aromatic carbocycles. The molecule has 1 aliphatic heterocycles. The quantitative estimate of drug-likeness (QED) is 0.610. The average molecular weight is 325 g/mol. The largest absolute Gasteiger partial charge is 0.481 e. The first-order valence-electron chi connectivity index (χ1n) is 6.56. The van der Waals surface area contributed by atoms with Crippen molar-refractivity contribution in [2.24, 2.45) is 5.92 Å². The van der Waals surface area contributed by atoms with Crippen molar-refractivity contribution in [2.45, 2.75) is 22.6 Å². The average Bonchev–Trinajstić information content (AvgIpc) is 2.82. The van der Waals surface area contributed by atoms with E-state index in [9.17, 15) is 14.4 Å². The molecular weight excluding hydrogens is 310 g/mol. The van der Waals surface area contributed by atoms with Crippen LogP contribution in [0.15, 0.2) is 29.2 Å². The first-order valence-corrected chi connectivity index (χ1v) is 7.44. The molecule has 0 spiro atoms. The zero-order valence-electron chi connectivity index (χ0n) is 11.4. The van der Waals surface area contributed by atoms with E-state index in [0.29, 0.717) is 6.54 Å². The number of hydrogen-bond donors (Lipinski definition) is 4. The summed E-state index contributed by atoms with van der Waals surface area (Å²) in [7, 11) is 0. The van der Waals surface area contributed by atoms with Crippen molar-refractivity contribution in [1.82, 2.24) is 5.32 Å². The van der Waals surface area contributed by atoms with Gasteiger partial charge in [0.2, 0.25) is 0 Å². The van der Waals surface area contributed by atoms with Crippen molar-refractivity contribution in [1.29, 1.82) is 0 Å². The number of aliphatic carboxylic acids is 2. The minimum atomic E-state index is -1.06. The van der Waals surface area contributed by atoms with Crippen molar-refractivity contribution in [3.05, 3.63) is 29.8 Å². The summed E-state index contributed by atoms with van der Waals surface area (Å²) >= 11 is 1.36. The Kier molecular flexibility index (Phi) is 5.04. The van der Waals surface area contributed by atoms with Gasteiger partial charge in [-0.05, 0) is 24.3 Å². The smallest absolute Gasteiger partial charge is 0.335 e. The molecule has 7 nitrogen and oxygen atoms in total. The minimum Gasteiger partial charge on any atom is -0.481 e. The third-order valence-electron chi connectivity index (χ3n) is 3.51. The molecule has 0 bridgehead atoms. The number of thioether (sulfide) groups is 1.